The monoisotopic (exact) mass is 443 g/mol. The van der Waals surface area contributed by atoms with Gasteiger partial charge in [0.2, 0.25) is 0 Å². The van der Waals surface area contributed by atoms with Crippen molar-refractivity contribution >= 4 is 16.0 Å². The number of benzene rings is 2. The number of amides is 1. The molecule has 9 heteroatoms. The maximum atomic E-state index is 12.9. The molecule has 0 radical (unpaired) electrons. The summed E-state index contributed by atoms with van der Waals surface area (Å²) in [5, 5.41) is 0. The lowest BCUT2D eigenvalue weighted by Gasteiger charge is -2.24. The van der Waals surface area contributed by atoms with Crippen LogP contribution in [-0.4, -0.2) is 32.0 Å². The number of nitrogens with zero attached hydrogens (tertiary/aromatic N) is 1. The van der Waals surface area contributed by atoms with Gasteiger partial charge in [-0.1, -0.05) is 26.0 Å². The van der Waals surface area contributed by atoms with Crippen molar-refractivity contribution in [3.8, 4) is 5.75 Å². The molecule has 0 saturated heterocycles. The summed E-state index contributed by atoms with van der Waals surface area (Å²) in [6.45, 7) is 4.68. The van der Waals surface area contributed by atoms with Gasteiger partial charge in [0.25, 0.3) is 5.91 Å². The first-order chi connectivity index (χ1) is 13.8. The first-order valence-corrected chi connectivity index (χ1v) is 11.1. The second kappa shape index (κ2) is 9.51. The average Bonchev–Trinajstić information content (AvgIpc) is 2.64. The summed E-state index contributed by atoms with van der Waals surface area (Å²) in [6.07, 6.45) is -2.80. The SMILES string of the molecule is CC(C)CCN(Cc1ccc(OS(C)(=O)=O)cc1)C(=O)c1ccc(C(F)(F)F)cc1. The standard InChI is InChI=1S/C21H24F3NO4S/c1-15(2)12-13-25(14-16-4-10-19(11-5-16)29-30(3,27)28)20(26)17-6-8-18(9-7-17)21(22,23)24/h4-11,15H,12-14H2,1-3H3. The van der Waals surface area contributed by atoms with Gasteiger partial charge in [0, 0.05) is 18.7 Å². The van der Waals surface area contributed by atoms with Gasteiger partial charge in [-0.05, 0) is 54.3 Å². The van der Waals surface area contributed by atoms with Crippen molar-refractivity contribution in [3.63, 3.8) is 0 Å². The molecule has 0 aromatic heterocycles. The van der Waals surface area contributed by atoms with Gasteiger partial charge in [-0.25, -0.2) is 0 Å². The molecule has 1 amide bonds. The van der Waals surface area contributed by atoms with Crippen LogP contribution in [-0.2, 0) is 22.8 Å². The van der Waals surface area contributed by atoms with Crippen molar-refractivity contribution in [2.24, 2.45) is 5.92 Å². The van der Waals surface area contributed by atoms with E-state index >= 15 is 0 Å². The molecule has 0 spiro atoms. The molecule has 30 heavy (non-hydrogen) atoms. The molecular weight excluding hydrogens is 419 g/mol. The first kappa shape index (κ1) is 23.7. The molecule has 2 rings (SSSR count). The third kappa shape index (κ3) is 7.37. The minimum Gasteiger partial charge on any atom is -0.383 e. The topological polar surface area (TPSA) is 63.7 Å². The summed E-state index contributed by atoms with van der Waals surface area (Å²) in [7, 11) is -3.64. The summed E-state index contributed by atoms with van der Waals surface area (Å²) in [5.74, 6) is 0.114. The lowest BCUT2D eigenvalue weighted by molar-refractivity contribution is -0.137. The summed E-state index contributed by atoms with van der Waals surface area (Å²) in [5.41, 5.74) is 0.0953. The van der Waals surface area contributed by atoms with Crippen LogP contribution in [0.15, 0.2) is 48.5 Å². The quantitative estimate of drug-likeness (QED) is 0.553. The van der Waals surface area contributed by atoms with Crippen molar-refractivity contribution in [1.29, 1.82) is 0 Å². The smallest absolute Gasteiger partial charge is 0.383 e. The van der Waals surface area contributed by atoms with E-state index in [4.69, 9.17) is 4.18 Å². The number of halogens is 3. The molecule has 164 valence electrons. The zero-order valence-corrected chi connectivity index (χ0v) is 17.8. The fourth-order valence-corrected chi connectivity index (χ4v) is 3.16. The highest BCUT2D eigenvalue weighted by Gasteiger charge is 2.30. The highest BCUT2D eigenvalue weighted by atomic mass is 32.2. The van der Waals surface area contributed by atoms with Gasteiger partial charge >= 0.3 is 16.3 Å². The normalized spacial score (nSPS) is 12.1. The molecule has 0 aliphatic carbocycles. The first-order valence-electron chi connectivity index (χ1n) is 9.30. The van der Waals surface area contributed by atoms with Gasteiger partial charge in [-0.15, -0.1) is 0 Å². The molecule has 0 unspecified atom stereocenters. The highest BCUT2D eigenvalue weighted by molar-refractivity contribution is 7.86. The van der Waals surface area contributed by atoms with Crippen LogP contribution in [0.2, 0.25) is 0 Å². The maximum Gasteiger partial charge on any atom is 0.416 e. The molecule has 0 aliphatic heterocycles. The van der Waals surface area contributed by atoms with E-state index in [-0.39, 0.29) is 23.8 Å². The van der Waals surface area contributed by atoms with Crippen LogP contribution < -0.4 is 4.18 Å². The summed E-state index contributed by atoms with van der Waals surface area (Å²) >= 11 is 0. The predicted octanol–water partition coefficient (Wildman–Crippen LogP) is 4.73. The summed E-state index contributed by atoms with van der Waals surface area (Å²) < 4.78 is 65.5. The van der Waals surface area contributed by atoms with Crippen LogP contribution in [0.25, 0.3) is 0 Å². The number of carbonyl (C=O) groups excluding carboxylic acids is 1. The Balaban J connectivity index is 2.19. The fourth-order valence-electron chi connectivity index (χ4n) is 2.70. The maximum absolute atomic E-state index is 12.9. The molecule has 0 N–H and O–H groups in total. The molecule has 0 heterocycles. The molecule has 0 aliphatic rings. The lowest BCUT2D eigenvalue weighted by Crippen LogP contribution is -2.32. The van der Waals surface area contributed by atoms with E-state index < -0.39 is 21.9 Å². The van der Waals surface area contributed by atoms with Crippen molar-refractivity contribution < 1.29 is 30.6 Å². The zero-order valence-electron chi connectivity index (χ0n) is 16.9. The summed E-state index contributed by atoms with van der Waals surface area (Å²) in [4.78, 5) is 14.5. The zero-order chi connectivity index (χ0) is 22.5. The van der Waals surface area contributed by atoms with Crippen molar-refractivity contribution in [1.82, 2.24) is 4.90 Å². The molecule has 0 fully saturated rings. The Bertz CT molecular complexity index is 953. The number of hydrogen-bond acceptors (Lipinski definition) is 4. The van der Waals surface area contributed by atoms with Crippen molar-refractivity contribution in [3.05, 3.63) is 65.2 Å². The molecular formula is C21H24F3NO4S. The average molecular weight is 443 g/mol. The molecule has 0 saturated carbocycles. The molecule has 5 nitrogen and oxygen atoms in total. The highest BCUT2D eigenvalue weighted by Crippen LogP contribution is 2.29. The van der Waals surface area contributed by atoms with Crippen LogP contribution in [0.1, 0.15) is 41.8 Å². The lowest BCUT2D eigenvalue weighted by atomic mass is 10.1. The Morgan fingerprint density at radius 1 is 1.03 bits per heavy atom. The van der Waals surface area contributed by atoms with Crippen LogP contribution in [0, 0.1) is 5.92 Å². The second-order valence-corrected chi connectivity index (χ2v) is 8.99. The third-order valence-electron chi connectivity index (χ3n) is 4.27. The number of hydrogen-bond donors (Lipinski definition) is 0. The molecule has 2 aromatic rings. The van der Waals surface area contributed by atoms with Crippen molar-refractivity contribution in [2.45, 2.75) is 33.0 Å². The van der Waals surface area contributed by atoms with E-state index in [2.05, 4.69) is 0 Å². The Labute approximate surface area is 174 Å². The van der Waals surface area contributed by atoms with E-state index in [1.54, 1.807) is 17.0 Å². The molecule has 0 atom stereocenters. The third-order valence-corrected chi connectivity index (χ3v) is 4.76. The predicted molar refractivity (Wildman–Crippen MR) is 108 cm³/mol. The van der Waals surface area contributed by atoms with Gasteiger partial charge < -0.3 is 9.08 Å². The number of alkyl halides is 3. The number of carbonyl (C=O) groups is 1. The summed E-state index contributed by atoms with van der Waals surface area (Å²) in [6, 6.07) is 10.4. The van der Waals surface area contributed by atoms with Gasteiger partial charge in [0.1, 0.15) is 5.75 Å². The second-order valence-electron chi connectivity index (χ2n) is 7.42. The Morgan fingerprint density at radius 2 is 1.60 bits per heavy atom. The van der Waals surface area contributed by atoms with E-state index in [0.717, 1.165) is 30.4 Å². The van der Waals surface area contributed by atoms with E-state index in [9.17, 15) is 26.4 Å². The van der Waals surface area contributed by atoms with Crippen LogP contribution in [0.4, 0.5) is 13.2 Å². The number of rotatable bonds is 8. The minimum atomic E-state index is -4.46. The Hall–Kier alpha value is -2.55. The van der Waals surface area contributed by atoms with Gasteiger partial charge in [0.05, 0.1) is 11.8 Å². The molecule has 0 bridgehead atoms. The Kier molecular flexibility index (Phi) is 7.52. The van der Waals surface area contributed by atoms with Gasteiger partial charge in [-0.3, -0.25) is 4.79 Å². The van der Waals surface area contributed by atoms with Crippen LogP contribution in [0.3, 0.4) is 0 Å². The largest absolute Gasteiger partial charge is 0.416 e. The van der Waals surface area contributed by atoms with E-state index in [1.807, 2.05) is 13.8 Å². The van der Waals surface area contributed by atoms with E-state index in [0.29, 0.717) is 12.5 Å². The van der Waals surface area contributed by atoms with Crippen LogP contribution in [0.5, 0.6) is 5.75 Å². The van der Waals surface area contributed by atoms with E-state index in [1.165, 1.54) is 24.3 Å². The minimum absolute atomic E-state index is 0.157. The van der Waals surface area contributed by atoms with Crippen LogP contribution >= 0.6 is 0 Å². The molecule has 2 aromatic carbocycles. The fraction of sp³-hybridized carbons (Fsp3) is 0.381. The van der Waals surface area contributed by atoms with Crippen molar-refractivity contribution in [2.75, 3.05) is 12.8 Å². The van der Waals surface area contributed by atoms with Gasteiger partial charge in [-0.2, -0.15) is 21.6 Å². The van der Waals surface area contributed by atoms with Gasteiger partial charge in [0.15, 0.2) is 0 Å². The Morgan fingerprint density at radius 3 is 2.07 bits per heavy atom.